The summed E-state index contributed by atoms with van der Waals surface area (Å²) < 4.78 is 5.36. The van der Waals surface area contributed by atoms with Crippen LogP contribution < -0.4 is 5.32 Å². The van der Waals surface area contributed by atoms with E-state index in [-0.39, 0.29) is 0 Å². The van der Waals surface area contributed by atoms with Crippen molar-refractivity contribution >= 4 is 0 Å². The molecular weight excluding hydrogens is 222 g/mol. The number of nitrogens with one attached hydrogen (secondary N) is 1. The summed E-state index contributed by atoms with van der Waals surface area (Å²) in [6, 6.07) is 4.57. The average molecular weight is 249 g/mol. The lowest BCUT2D eigenvalue weighted by Crippen LogP contribution is -2.29. The summed E-state index contributed by atoms with van der Waals surface area (Å²) in [5.74, 6) is 1.90. The minimum Gasteiger partial charge on any atom is -0.469 e. The van der Waals surface area contributed by atoms with E-state index in [1.807, 2.05) is 6.07 Å². The Hall–Kier alpha value is -0.760. The smallest absolute Gasteiger partial charge is 0.103 e. The van der Waals surface area contributed by atoms with Gasteiger partial charge in [-0.3, -0.25) is 0 Å². The summed E-state index contributed by atoms with van der Waals surface area (Å²) in [6.07, 6.45) is 3.92. The van der Waals surface area contributed by atoms with E-state index in [0.717, 1.165) is 31.1 Å². The maximum absolute atomic E-state index is 5.36. The van der Waals surface area contributed by atoms with E-state index >= 15 is 0 Å². The molecule has 2 nitrogen and oxygen atoms in total. The van der Waals surface area contributed by atoms with E-state index in [4.69, 9.17) is 4.42 Å². The molecule has 1 N–H and O–H groups in total. The largest absolute Gasteiger partial charge is 0.469 e. The first-order valence-electron chi connectivity index (χ1n) is 7.11. The van der Waals surface area contributed by atoms with Gasteiger partial charge in [-0.25, -0.2) is 0 Å². The van der Waals surface area contributed by atoms with Gasteiger partial charge in [-0.1, -0.05) is 27.7 Å². The quantitative estimate of drug-likeness (QED) is 0.828. The van der Waals surface area contributed by atoms with Gasteiger partial charge in [-0.2, -0.15) is 0 Å². The zero-order chi connectivity index (χ0) is 13.4. The number of aryl methyl sites for hydroxylation is 1. The highest BCUT2D eigenvalue weighted by molar-refractivity contribution is 5.13. The van der Waals surface area contributed by atoms with Crippen molar-refractivity contribution in [2.24, 2.45) is 16.7 Å². The topological polar surface area (TPSA) is 25.2 Å². The molecule has 0 aliphatic heterocycles. The fourth-order valence-electron chi connectivity index (χ4n) is 3.08. The number of rotatable bonds is 6. The molecule has 18 heavy (non-hydrogen) atoms. The molecule has 2 heteroatoms. The van der Waals surface area contributed by atoms with E-state index in [1.54, 1.807) is 6.26 Å². The van der Waals surface area contributed by atoms with Crippen molar-refractivity contribution in [1.29, 1.82) is 0 Å². The Kier molecular flexibility index (Phi) is 3.59. The lowest BCUT2D eigenvalue weighted by Gasteiger charge is -2.14. The Morgan fingerprint density at radius 3 is 2.44 bits per heavy atom. The standard InChI is InChI=1S/C16H27NO/c1-12(8-9-13-7-6-10-18-13)17-11-14-15(2,3)16(14,4)5/h6-7,10,12,14,17H,8-9,11H2,1-5H3. The molecule has 1 aromatic heterocycles. The molecular formula is C16H27NO. The van der Waals surface area contributed by atoms with Gasteiger partial charge >= 0.3 is 0 Å². The Balaban J connectivity index is 1.69. The van der Waals surface area contributed by atoms with E-state index in [2.05, 4.69) is 46.0 Å². The fourth-order valence-corrected chi connectivity index (χ4v) is 3.08. The number of furan rings is 1. The van der Waals surface area contributed by atoms with Crippen molar-refractivity contribution in [3.8, 4) is 0 Å². The molecule has 1 aliphatic rings. The van der Waals surface area contributed by atoms with E-state index in [0.29, 0.717) is 16.9 Å². The van der Waals surface area contributed by atoms with Crippen molar-refractivity contribution in [3.05, 3.63) is 24.2 Å². The molecule has 0 amide bonds. The van der Waals surface area contributed by atoms with Crippen LogP contribution in [0.15, 0.2) is 22.8 Å². The molecule has 2 rings (SSSR count). The van der Waals surface area contributed by atoms with Crippen LogP contribution in [0.4, 0.5) is 0 Å². The Bertz CT molecular complexity index is 364. The maximum Gasteiger partial charge on any atom is 0.103 e. The van der Waals surface area contributed by atoms with Crippen LogP contribution in [0.5, 0.6) is 0 Å². The van der Waals surface area contributed by atoms with Gasteiger partial charge in [0.25, 0.3) is 0 Å². The summed E-state index contributed by atoms with van der Waals surface area (Å²) in [6.45, 7) is 12.9. The summed E-state index contributed by atoms with van der Waals surface area (Å²) in [4.78, 5) is 0. The van der Waals surface area contributed by atoms with E-state index in [9.17, 15) is 0 Å². The van der Waals surface area contributed by atoms with Gasteiger partial charge in [-0.05, 0) is 48.8 Å². The third-order valence-electron chi connectivity index (χ3n) is 5.39. The molecule has 1 heterocycles. The zero-order valence-electron chi connectivity index (χ0n) is 12.4. The molecule has 1 unspecified atom stereocenters. The van der Waals surface area contributed by atoms with Gasteiger partial charge in [-0.15, -0.1) is 0 Å². The van der Waals surface area contributed by atoms with Crippen LogP contribution in [-0.2, 0) is 6.42 Å². The Morgan fingerprint density at radius 2 is 1.94 bits per heavy atom. The predicted molar refractivity (Wildman–Crippen MR) is 75.5 cm³/mol. The first-order valence-corrected chi connectivity index (χ1v) is 7.11. The first kappa shape index (κ1) is 13.7. The molecule has 1 saturated carbocycles. The summed E-state index contributed by atoms with van der Waals surface area (Å²) in [5.41, 5.74) is 0.974. The van der Waals surface area contributed by atoms with Crippen molar-refractivity contribution < 1.29 is 4.42 Å². The molecule has 1 atom stereocenters. The van der Waals surface area contributed by atoms with Crippen molar-refractivity contribution in [3.63, 3.8) is 0 Å². The molecule has 1 fully saturated rings. The highest BCUT2D eigenvalue weighted by Crippen LogP contribution is 2.67. The zero-order valence-corrected chi connectivity index (χ0v) is 12.4. The van der Waals surface area contributed by atoms with Gasteiger partial charge in [0.2, 0.25) is 0 Å². The van der Waals surface area contributed by atoms with E-state index < -0.39 is 0 Å². The van der Waals surface area contributed by atoms with Crippen LogP contribution in [0.3, 0.4) is 0 Å². The van der Waals surface area contributed by atoms with Crippen LogP contribution in [0.25, 0.3) is 0 Å². The molecule has 0 radical (unpaired) electrons. The van der Waals surface area contributed by atoms with Gasteiger partial charge in [0.15, 0.2) is 0 Å². The predicted octanol–water partition coefficient (Wildman–Crippen LogP) is 3.87. The second kappa shape index (κ2) is 4.73. The third kappa shape index (κ3) is 2.49. The lowest BCUT2D eigenvalue weighted by atomic mass is 10.0. The number of hydrogen-bond donors (Lipinski definition) is 1. The van der Waals surface area contributed by atoms with Crippen molar-refractivity contribution in [2.75, 3.05) is 6.54 Å². The van der Waals surface area contributed by atoms with Gasteiger partial charge in [0, 0.05) is 12.5 Å². The van der Waals surface area contributed by atoms with Crippen LogP contribution in [0.2, 0.25) is 0 Å². The molecule has 102 valence electrons. The summed E-state index contributed by atoms with van der Waals surface area (Å²) >= 11 is 0. The Labute approximate surface area is 111 Å². The second-order valence-electron chi connectivity index (χ2n) is 6.92. The van der Waals surface area contributed by atoms with Gasteiger partial charge < -0.3 is 9.73 Å². The van der Waals surface area contributed by atoms with Crippen molar-refractivity contribution in [1.82, 2.24) is 5.32 Å². The van der Waals surface area contributed by atoms with Crippen molar-refractivity contribution in [2.45, 2.75) is 53.5 Å². The minimum absolute atomic E-state index is 0.487. The highest BCUT2D eigenvalue weighted by Gasteiger charge is 2.63. The van der Waals surface area contributed by atoms with Crippen LogP contribution in [0.1, 0.15) is 46.8 Å². The van der Waals surface area contributed by atoms with Crippen LogP contribution in [0, 0.1) is 16.7 Å². The molecule has 1 aromatic rings. The lowest BCUT2D eigenvalue weighted by molar-refractivity contribution is 0.437. The van der Waals surface area contributed by atoms with Crippen LogP contribution in [-0.4, -0.2) is 12.6 Å². The molecule has 1 aliphatic carbocycles. The normalized spacial score (nSPS) is 22.9. The Morgan fingerprint density at radius 1 is 1.28 bits per heavy atom. The van der Waals surface area contributed by atoms with Crippen LogP contribution >= 0.6 is 0 Å². The molecule has 0 saturated heterocycles. The second-order valence-corrected chi connectivity index (χ2v) is 6.92. The summed E-state index contributed by atoms with van der Waals surface area (Å²) in [7, 11) is 0. The summed E-state index contributed by atoms with van der Waals surface area (Å²) in [5, 5.41) is 3.68. The van der Waals surface area contributed by atoms with Gasteiger partial charge in [0.05, 0.1) is 6.26 Å². The highest BCUT2D eigenvalue weighted by atomic mass is 16.3. The van der Waals surface area contributed by atoms with E-state index in [1.165, 1.54) is 0 Å². The fraction of sp³-hybridized carbons (Fsp3) is 0.750. The monoisotopic (exact) mass is 249 g/mol. The molecule has 0 spiro atoms. The molecule has 0 bridgehead atoms. The first-order chi connectivity index (χ1) is 8.35. The minimum atomic E-state index is 0.487. The SMILES string of the molecule is CC(CCc1ccco1)NCC1C(C)(C)C1(C)C. The number of hydrogen-bond acceptors (Lipinski definition) is 2. The molecule has 0 aromatic carbocycles. The average Bonchev–Trinajstić information content (AvgIpc) is 2.71. The maximum atomic E-state index is 5.36. The third-order valence-corrected chi connectivity index (χ3v) is 5.39. The van der Waals surface area contributed by atoms with Gasteiger partial charge in [0.1, 0.15) is 5.76 Å².